The Kier molecular flexibility index (Phi) is 22.0. The normalized spacial score (nSPS) is 14.5. The molecule has 0 N–H and O–H groups in total. The lowest BCUT2D eigenvalue weighted by atomic mass is 9.63. The average molecular weight is 1310 g/mol. The molecule has 0 nitrogen and oxygen atoms in total. The van der Waals surface area contributed by atoms with E-state index in [0.717, 1.165) is 13.4 Å². The molecule has 84 heavy (non-hydrogen) atoms. The molecule has 10 rings (SSSR count). The third kappa shape index (κ3) is 12.5. The SMILES string of the molecule is CCCCCCC1(CCCCCC)c2cc(-c3ccc(Br)cc3)ccc2-c2c1c1c(c3c2C(CCCCCC)(CCCCCC)c2cccc(-c4ccc(Br)cc4)c2-3)C(CCCCCC)(CCCCCC)c2ccc(-c3ccc(Br)cc3)cc2-1. The van der Waals surface area contributed by atoms with Crippen molar-refractivity contribution >= 4 is 47.8 Å². The fourth-order valence-electron chi connectivity index (χ4n) is 16.5. The van der Waals surface area contributed by atoms with Gasteiger partial charge in [-0.3, -0.25) is 0 Å². The average Bonchev–Trinajstić information content (AvgIpc) is 1.87. The van der Waals surface area contributed by atoms with Gasteiger partial charge in [0.05, 0.1) is 0 Å². The van der Waals surface area contributed by atoms with Crippen LogP contribution in [0.1, 0.15) is 268 Å². The fourth-order valence-corrected chi connectivity index (χ4v) is 17.3. The highest BCUT2D eigenvalue weighted by atomic mass is 79.9. The maximum absolute atomic E-state index is 3.91. The molecule has 3 heteroatoms. The van der Waals surface area contributed by atoms with Gasteiger partial charge in [0.1, 0.15) is 0 Å². The van der Waals surface area contributed by atoms with Crippen molar-refractivity contribution in [3.8, 4) is 66.8 Å². The zero-order chi connectivity index (χ0) is 58.7. The largest absolute Gasteiger partial charge is 0.0654 e. The third-order valence-corrected chi connectivity index (χ3v) is 22.2. The number of halogens is 3. The Labute approximate surface area is 535 Å². The minimum absolute atomic E-state index is 0.147. The lowest BCUT2D eigenvalue weighted by Gasteiger charge is -2.40. The summed E-state index contributed by atoms with van der Waals surface area (Å²) in [4.78, 5) is 0. The fraction of sp³-hybridized carbons (Fsp3) is 0.481. The molecule has 0 heterocycles. The Bertz CT molecular complexity index is 3250. The van der Waals surface area contributed by atoms with Gasteiger partial charge in [0.25, 0.3) is 0 Å². The topological polar surface area (TPSA) is 0 Å². The molecule has 0 aromatic heterocycles. The molecule has 3 aliphatic rings. The Morgan fingerprint density at radius 2 is 0.595 bits per heavy atom. The van der Waals surface area contributed by atoms with Crippen molar-refractivity contribution in [2.24, 2.45) is 0 Å². The minimum atomic E-state index is -0.165. The first kappa shape index (κ1) is 63.0. The summed E-state index contributed by atoms with van der Waals surface area (Å²) in [6.07, 6.45) is 37.6. The molecule has 0 spiro atoms. The first-order valence-corrected chi connectivity index (χ1v) is 36.5. The van der Waals surface area contributed by atoms with Crippen molar-refractivity contribution in [2.45, 2.75) is 250 Å². The van der Waals surface area contributed by atoms with Gasteiger partial charge >= 0.3 is 0 Å². The molecule has 0 fully saturated rings. The van der Waals surface area contributed by atoms with Gasteiger partial charge in [-0.25, -0.2) is 0 Å². The molecule has 0 unspecified atom stereocenters. The Balaban J connectivity index is 1.45. The predicted molar refractivity (Wildman–Crippen MR) is 377 cm³/mol. The zero-order valence-electron chi connectivity index (χ0n) is 52.5. The Hall–Kier alpha value is -4.02. The molecule has 0 saturated carbocycles. The molecule has 0 bridgehead atoms. The molecule has 0 amide bonds. The molecule has 7 aromatic rings. The molecule has 7 aromatic carbocycles. The van der Waals surface area contributed by atoms with Crippen molar-refractivity contribution in [2.75, 3.05) is 0 Å². The smallest absolute Gasteiger partial charge is 0.0221 e. The van der Waals surface area contributed by atoms with Crippen LogP contribution in [0, 0.1) is 0 Å². The van der Waals surface area contributed by atoms with Gasteiger partial charge in [-0.15, -0.1) is 0 Å². The van der Waals surface area contributed by atoms with Crippen LogP contribution in [0.2, 0.25) is 0 Å². The van der Waals surface area contributed by atoms with E-state index in [2.05, 4.69) is 217 Å². The summed E-state index contributed by atoms with van der Waals surface area (Å²) >= 11 is 11.6. The molecular weight excluding hydrogens is 1210 g/mol. The van der Waals surface area contributed by atoms with Crippen molar-refractivity contribution in [1.29, 1.82) is 0 Å². The van der Waals surface area contributed by atoms with Crippen molar-refractivity contribution in [1.82, 2.24) is 0 Å². The van der Waals surface area contributed by atoms with Crippen LogP contribution >= 0.6 is 47.8 Å². The highest BCUT2D eigenvalue weighted by molar-refractivity contribution is 9.11. The molecule has 0 aliphatic heterocycles. The summed E-state index contributed by atoms with van der Waals surface area (Å²) in [5, 5.41) is 0. The maximum Gasteiger partial charge on any atom is 0.0221 e. The number of hydrogen-bond donors (Lipinski definition) is 0. The summed E-state index contributed by atoms with van der Waals surface area (Å²) in [7, 11) is 0. The van der Waals surface area contributed by atoms with Gasteiger partial charge in [-0.1, -0.05) is 322 Å². The van der Waals surface area contributed by atoms with Crippen molar-refractivity contribution < 1.29 is 0 Å². The van der Waals surface area contributed by atoms with Crippen LogP contribution in [0.25, 0.3) is 66.8 Å². The van der Waals surface area contributed by atoms with Gasteiger partial charge < -0.3 is 0 Å². The summed E-state index contributed by atoms with van der Waals surface area (Å²) in [5.41, 5.74) is 27.4. The second kappa shape index (κ2) is 29.3. The summed E-state index contributed by atoms with van der Waals surface area (Å²) in [6, 6.07) is 51.6. The Morgan fingerprint density at radius 1 is 0.250 bits per heavy atom. The second-order valence-corrected chi connectivity index (χ2v) is 28.9. The van der Waals surface area contributed by atoms with Gasteiger partial charge in [-0.05, 0) is 187 Å². The van der Waals surface area contributed by atoms with Crippen LogP contribution < -0.4 is 0 Å². The van der Waals surface area contributed by atoms with Gasteiger partial charge in [0, 0.05) is 29.7 Å². The molecule has 444 valence electrons. The van der Waals surface area contributed by atoms with Crippen molar-refractivity contribution in [3.63, 3.8) is 0 Å². The molecule has 3 aliphatic carbocycles. The number of rotatable bonds is 33. The standard InChI is InChI=1S/C81H99Br3/c1-7-13-19-25-50-79(51-26-20-14-8-2)69-49-41-61(58-34-42-63(82)43-35-58)56-68(69)74-76-73(67-48-40-62(59-36-44-64(83)45-37-59)57-71(67)81(76,54-29-23-17-11-5)55-30-24-18-12-6)77-75(78(74)79)72-66(60-38-46-65(84)47-39-60)32-31-33-70(72)80(77,52-27-21-15-9-3)53-28-22-16-10-4/h31-49,56-57H,7-30,50-55H2,1-6H3. The third-order valence-electron chi connectivity index (χ3n) is 20.6. The molecule has 0 atom stereocenters. The molecular formula is C81H99Br3. The quantitative estimate of drug-likeness (QED) is 0.0360. The molecule has 0 radical (unpaired) electrons. The number of hydrogen-bond acceptors (Lipinski definition) is 0. The van der Waals surface area contributed by atoms with E-state index in [0.29, 0.717) is 0 Å². The summed E-state index contributed by atoms with van der Waals surface area (Å²) in [6.45, 7) is 14.4. The zero-order valence-corrected chi connectivity index (χ0v) is 57.2. The molecule has 0 saturated heterocycles. The van der Waals surface area contributed by atoms with Crippen LogP contribution in [-0.2, 0) is 16.2 Å². The summed E-state index contributed by atoms with van der Waals surface area (Å²) < 4.78 is 3.41. The highest BCUT2D eigenvalue weighted by Gasteiger charge is 2.58. The van der Waals surface area contributed by atoms with Gasteiger partial charge in [-0.2, -0.15) is 0 Å². The lowest BCUT2D eigenvalue weighted by molar-refractivity contribution is 0.389. The predicted octanol–water partition coefficient (Wildman–Crippen LogP) is 27.6. The van der Waals surface area contributed by atoms with E-state index in [4.69, 9.17) is 0 Å². The van der Waals surface area contributed by atoms with E-state index in [1.165, 1.54) is 226 Å². The lowest BCUT2D eigenvalue weighted by Crippen LogP contribution is -2.31. The van der Waals surface area contributed by atoms with Crippen LogP contribution in [0.4, 0.5) is 0 Å². The first-order valence-electron chi connectivity index (χ1n) is 34.1. The van der Waals surface area contributed by atoms with Crippen LogP contribution in [0.5, 0.6) is 0 Å². The van der Waals surface area contributed by atoms with E-state index in [1.54, 1.807) is 66.8 Å². The second-order valence-electron chi connectivity index (χ2n) is 26.1. The monoisotopic (exact) mass is 1310 g/mol. The van der Waals surface area contributed by atoms with E-state index >= 15 is 0 Å². The Morgan fingerprint density at radius 3 is 1.02 bits per heavy atom. The van der Waals surface area contributed by atoms with Crippen LogP contribution in [-0.4, -0.2) is 0 Å². The number of unbranched alkanes of at least 4 members (excludes halogenated alkanes) is 18. The van der Waals surface area contributed by atoms with Gasteiger partial charge in [0.15, 0.2) is 0 Å². The van der Waals surface area contributed by atoms with E-state index in [9.17, 15) is 0 Å². The highest BCUT2D eigenvalue weighted by Crippen LogP contribution is 2.72. The van der Waals surface area contributed by atoms with E-state index in [1.807, 2.05) is 0 Å². The number of benzene rings is 7. The first-order chi connectivity index (χ1) is 41.1. The minimum Gasteiger partial charge on any atom is -0.0654 e. The van der Waals surface area contributed by atoms with Crippen LogP contribution in [0.15, 0.2) is 141 Å². The van der Waals surface area contributed by atoms with Crippen molar-refractivity contribution in [3.05, 3.63) is 174 Å². The van der Waals surface area contributed by atoms with E-state index in [-0.39, 0.29) is 16.2 Å². The van der Waals surface area contributed by atoms with Gasteiger partial charge in [0.2, 0.25) is 0 Å². The van der Waals surface area contributed by atoms with Crippen LogP contribution in [0.3, 0.4) is 0 Å². The van der Waals surface area contributed by atoms with E-state index < -0.39 is 0 Å². The number of fused-ring (bicyclic) bond motifs is 12. The maximum atomic E-state index is 3.91. The summed E-state index contributed by atoms with van der Waals surface area (Å²) in [5.74, 6) is 0.